The number of nitrogens with two attached hydrogens (primary N) is 1. The minimum absolute atomic E-state index is 0.0414. The van der Waals surface area contributed by atoms with Gasteiger partial charge in [0.2, 0.25) is 0 Å². The van der Waals surface area contributed by atoms with Crippen molar-refractivity contribution in [3.05, 3.63) is 42.0 Å². The maximum Gasteiger partial charge on any atom is 0.124 e. The van der Waals surface area contributed by atoms with Crippen LogP contribution in [0.5, 0.6) is 5.75 Å². The lowest BCUT2D eigenvalue weighted by atomic mass is 9.84. The molecule has 1 fully saturated rings. The predicted octanol–water partition coefficient (Wildman–Crippen LogP) is 3.24. The molecule has 0 amide bonds. The summed E-state index contributed by atoms with van der Waals surface area (Å²) in [4.78, 5) is 0. The van der Waals surface area contributed by atoms with Crippen molar-refractivity contribution in [3.63, 3.8) is 0 Å². The molecule has 1 atom stereocenters. The van der Waals surface area contributed by atoms with E-state index in [0.717, 1.165) is 31.7 Å². The van der Waals surface area contributed by atoms with Gasteiger partial charge in [-0.1, -0.05) is 30.3 Å². The van der Waals surface area contributed by atoms with Gasteiger partial charge in [0.05, 0.1) is 6.61 Å². The van der Waals surface area contributed by atoms with Gasteiger partial charge in [-0.15, -0.1) is 0 Å². The minimum Gasteiger partial charge on any atom is -0.494 e. The highest BCUT2D eigenvalue weighted by Gasteiger charge is 2.25. The average molecular weight is 284 g/mol. The van der Waals surface area contributed by atoms with E-state index in [0.29, 0.717) is 12.5 Å². The van der Waals surface area contributed by atoms with Crippen LogP contribution in [-0.4, -0.2) is 19.7 Å². The van der Waals surface area contributed by atoms with Crippen LogP contribution < -0.4 is 15.8 Å². The highest BCUT2D eigenvalue weighted by atomic mass is 16.5. The summed E-state index contributed by atoms with van der Waals surface area (Å²) in [7, 11) is 0. The molecule has 0 unspecified atom stereocenters. The Morgan fingerprint density at radius 1 is 1.19 bits per heavy atom. The quantitative estimate of drug-likeness (QED) is 0.906. The van der Waals surface area contributed by atoms with Gasteiger partial charge in [0.15, 0.2) is 0 Å². The van der Waals surface area contributed by atoms with E-state index in [2.05, 4.69) is 41.7 Å². The molecule has 2 aromatic carbocycles. The Labute approximate surface area is 126 Å². The van der Waals surface area contributed by atoms with E-state index < -0.39 is 0 Å². The van der Waals surface area contributed by atoms with Crippen LogP contribution in [0, 0.1) is 5.92 Å². The first-order valence-electron chi connectivity index (χ1n) is 7.92. The molecule has 0 radical (unpaired) electrons. The Balaban J connectivity index is 2.06. The number of piperidine rings is 1. The molecule has 0 saturated carbocycles. The van der Waals surface area contributed by atoms with E-state index in [-0.39, 0.29) is 6.04 Å². The summed E-state index contributed by atoms with van der Waals surface area (Å²) >= 11 is 0. The standard InChI is InChI=1S/C18H24N2O/c1-2-21-16-8-7-13-5-3-4-6-15(13)17(16)18(19)14-9-11-20-12-10-14/h3-8,14,18,20H,2,9-12,19H2,1H3/t18-/m1/s1. The van der Waals surface area contributed by atoms with Gasteiger partial charge in [0.25, 0.3) is 0 Å². The van der Waals surface area contributed by atoms with Crippen LogP contribution in [0.15, 0.2) is 36.4 Å². The monoisotopic (exact) mass is 284 g/mol. The summed E-state index contributed by atoms with van der Waals surface area (Å²) in [6.07, 6.45) is 2.27. The molecule has 3 heteroatoms. The van der Waals surface area contributed by atoms with Gasteiger partial charge in [-0.3, -0.25) is 0 Å². The van der Waals surface area contributed by atoms with Crippen LogP contribution in [0.4, 0.5) is 0 Å². The average Bonchev–Trinajstić information content (AvgIpc) is 2.55. The summed E-state index contributed by atoms with van der Waals surface area (Å²) in [6.45, 7) is 4.82. The highest BCUT2D eigenvalue weighted by Crippen LogP contribution is 2.37. The molecule has 1 aliphatic heterocycles. The van der Waals surface area contributed by atoms with Gasteiger partial charge in [0.1, 0.15) is 5.75 Å². The molecule has 1 saturated heterocycles. The zero-order valence-corrected chi connectivity index (χ0v) is 12.6. The van der Waals surface area contributed by atoms with Crippen LogP contribution >= 0.6 is 0 Å². The van der Waals surface area contributed by atoms with Gasteiger partial charge in [-0.25, -0.2) is 0 Å². The van der Waals surface area contributed by atoms with E-state index in [9.17, 15) is 0 Å². The Bertz CT molecular complexity index is 605. The zero-order chi connectivity index (χ0) is 14.7. The highest BCUT2D eigenvalue weighted by molar-refractivity contribution is 5.88. The summed E-state index contributed by atoms with van der Waals surface area (Å²) < 4.78 is 5.86. The van der Waals surface area contributed by atoms with Gasteiger partial charge in [-0.05, 0) is 55.6 Å². The lowest BCUT2D eigenvalue weighted by Crippen LogP contribution is -2.34. The maximum absolute atomic E-state index is 6.66. The summed E-state index contributed by atoms with van der Waals surface area (Å²) in [5.41, 5.74) is 7.84. The number of fused-ring (bicyclic) bond motifs is 1. The third kappa shape index (κ3) is 2.89. The smallest absolute Gasteiger partial charge is 0.124 e. The van der Waals surface area contributed by atoms with Crippen molar-refractivity contribution >= 4 is 10.8 Å². The molecular formula is C18H24N2O. The van der Waals surface area contributed by atoms with Gasteiger partial charge >= 0.3 is 0 Å². The Hall–Kier alpha value is -1.58. The first kappa shape index (κ1) is 14.4. The number of hydrogen-bond donors (Lipinski definition) is 2. The van der Waals surface area contributed by atoms with Gasteiger partial charge in [-0.2, -0.15) is 0 Å². The molecule has 0 bridgehead atoms. The molecule has 112 valence electrons. The largest absolute Gasteiger partial charge is 0.494 e. The third-order valence-corrected chi connectivity index (χ3v) is 4.46. The number of rotatable bonds is 4. The molecule has 1 aliphatic rings. The maximum atomic E-state index is 6.66. The van der Waals surface area contributed by atoms with E-state index in [1.165, 1.54) is 16.3 Å². The molecule has 1 heterocycles. The molecule has 3 nitrogen and oxygen atoms in total. The number of benzene rings is 2. The van der Waals surface area contributed by atoms with Crippen LogP contribution in [0.3, 0.4) is 0 Å². The van der Waals surface area contributed by atoms with Gasteiger partial charge < -0.3 is 15.8 Å². The Morgan fingerprint density at radius 2 is 1.95 bits per heavy atom. The number of nitrogens with one attached hydrogen (secondary N) is 1. The fourth-order valence-corrected chi connectivity index (χ4v) is 3.34. The molecule has 0 aliphatic carbocycles. The van der Waals surface area contributed by atoms with Crippen molar-refractivity contribution in [3.8, 4) is 5.75 Å². The first-order valence-corrected chi connectivity index (χ1v) is 7.92. The number of ether oxygens (including phenoxy) is 1. The van der Waals surface area contributed by atoms with Crippen LogP contribution in [-0.2, 0) is 0 Å². The summed E-state index contributed by atoms with van der Waals surface area (Å²) in [5.74, 6) is 1.47. The summed E-state index contributed by atoms with van der Waals surface area (Å²) in [5, 5.41) is 5.88. The summed E-state index contributed by atoms with van der Waals surface area (Å²) in [6, 6.07) is 12.7. The van der Waals surface area contributed by atoms with Crippen molar-refractivity contribution < 1.29 is 4.74 Å². The molecule has 0 spiro atoms. The van der Waals surface area contributed by atoms with Crippen molar-refractivity contribution in [2.45, 2.75) is 25.8 Å². The van der Waals surface area contributed by atoms with Crippen molar-refractivity contribution in [1.82, 2.24) is 5.32 Å². The fraction of sp³-hybridized carbons (Fsp3) is 0.444. The van der Waals surface area contributed by atoms with Crippen LogP contribution in [0.25, 0.3) is 10.8 Å². The van der Waals surface area contributed by atoms with E-state index in [1.807, 2.05) is 6.92 Å². The number of hydrogen-bond acceptors (Lipinski definition) is 3. The first-order chi connectivity index (χ1) is 10.3. The molecule has 0 aromatic heterocycles. The van der Waals surface area contributed by atoms with E-state index >= 15 is 0 Å². The predicted molar refractivity (Wildman–Crippen MR) is 87.6 cm³/mol. The van der Waals surface area contributed by atoms with Crippen molar-refractivity contribution in [2.24, 2.45) is 11.7 Å². The van der Waals surface area contributed by atoms with Crippen molar-refractivity contribution in [1.29, 1.82) is 0 Å². The minimum atomic E-state index is 0.0414. The van der Waals surface area contributed by atoms with Crippen molar-refractivity contribution in [2.75, 3.05) is 19.7 Å². The van der Waals surface area contributed by atoms with Gasteiger partial charge in [0, 0.05) is 11.6 Å². The second kappa shape index (κ2) is 6.46. The Kier molecular flexibility index (Phi) is 4.42. The molecule has 21 heavy (non-hydrogen) atoms. The molecular weight excluding hydrogens is 260 g/mol. The normalized spacial score (nSPS) is 17.8. The lowest BCUT2D eigenvalue weighted by molar-refractivity contribution is 0.302. The molecule has 3 N–H and O–H groups in total. The second-order valence-electron chi connectivity index (χ2n) is 5.74. The molecule has 3 rings (SSSR count). The van der Waals surface area contributed by atoms with Crippen LogP contribution in [0.1, 0.15) is 31.4 Å². The third-order valence-electron chi connectivity index (χ3n) is 4.46. The topological polar surface area (TPSA) is 47.3 Å². The van der Waals surface area contributed by atoms with E-state index in [1.54, 1.807) is 0 Å². The van der Waals surface area contributed by atoms with E-state index in [4.69, 9.17) is 10.5 Å². The fourth-order valence-electron chi connectivity index (χ4n) is 3.34. The molecule has 2 aromatic rings. The lowest BCUT2D eigenvalue weighted by Gasteiger charge is -2.30. The SMILES string of the molecule is CCOc1ccc2ccccc2c1[C@H](N)C1CCNCC1. The Morgan fingerprint density at radius 3 is 2.71 bits per heavy atom. The van der Waals surface area contributed by atoms with Crippen LogP contribution in [0.2, 0.25) is 0 Å². The second-order valence-corrected chi connectivity index (χ2v) is 5.74. The zero-order valence-electron chi connectivity index (χ0n) is 12.6.